The summed E-state index contributed by atoms with van der Waals surface area (Å²) in [5.41, 5.74) is 6.27. The number of anilines is 2. The molecule has 0 spiro atoms. The Morgan fingerprint density at radius 3 is 3.06 bits per heavy atom. The monoisotopic (exact) mass is 261 g/mol. The molecule has 92 valence electrons. The zero-order valence-electron chi connectivity index (χ0n) is 9.64. The normalized spacial score (nSPS) is 10.9. The Morgan fingerprint density at radius 2 is 2.28 bits per heavy atom. The largest absolute Gasteiger partial charge is 0.368 e. The highest BCUT2D eigenvalue weighted by molar-refractivity contribution is 7.11. The van der Waals surface area contributed by atoms with E-state index in [1.54, 1.807) is 17.5 Å². The molecule has 3 heterocycles. The second-order valence-electron chi connectivity index (χ2n) is 3.76. The molecule has 0 unspecified atom stereocenters. The summed E-state index contributed by atoms with van der Waals surface area (Å²) < 4.78 is 0. The van der Waals surface area contributed by atoms with Gasteiger partial charge in [0.15, 0.2) is 5.65 Å². The molecule has 0 saturated carbocycles. The van der Waals surface area contributed by atoms with Gasteiger partial charge in [-0.2, -0.15) is 15.1 Å². The summed E-state index contributed by atoms with van der Waals surface area (Å²) in [6, 6.07) is 0. The topological polar surface area (TPSA) is 105 Å². The molecule has 3 aromatic heterocycles. The fourth-order valence-corrected chi connectivity index (χ4v) is 2.38. The van der Waals surface area contributed by atoms with E-state index in [9.17, 15) is 0 Å². The van der Waals surface area contributed by atoms with Crippen molar-refractivity contribution in [1.82, 2.24) is 25.1 Å². The van der Waals surface area contributed by atoms with E-state index in [1.165, 1.54) is 0 Å². The van der Waals surface area contributed by atoms with Crippen LogP contribution in [0.4, 0.5) is 11.8 Å². The SMILES string of the molecule is Cc1ncc(CNc2nc(N)nc3[nH]ncc23)s1. The van der Waals surface area contributed by atoms with Gasteiger partial charge in [0, 0.05) is 11.1 Å². The molecule has 8 heteroatoms. The quantitative estimate of drug-likeness (QED) is 0.656. The Kier molecular flexibility index (Phi) is 2.56. The molecule has 3 rings (SSSR count). The number of hydrogen-bond acceptors (Lipinski definition) is 7. The van der Waals surface area contributed by atoms with Gasteiger partial charge in [-0.15, -0.1) is 11.3 Å². The average molecular weight is 261 g/mol. The van der Waals surface area contributed by atoms with Crippen LogP contribution in [0.2, 0.25) is 0 Å². The van der Waals surface area contributed by atoms with Gasteiger partial charge in [-0.05, 0) is 6.92 Å². The fraction of sp³-hybridized carbons (Fsp3) is 0.200. The predicted molar refractivity (Wildman–Crippen MR) is 70.3 cm³/mol. The highest BCUT2D eigenvalue weighted by atomic mass is 32.1. The molecular weight excluding hydrogens is 250 g/mol. The van der Waals surface area contributed by atoms with Crippen molar-refractivity contribution in [2.24, 2.45) is 0 Å². The van der Waals surface area contributed by atoms with Crippen molar-refractivity contribution in [1.29, 1.82) is 0 Å². The highest BCUT2D eigenvalue weighted by Crippen LogP contribution is 2.20. The Bertz CT molecular complexity index is 686. The van der Waals surface area contributed by atoms with Crippen LogP contribution in [0.5, 0.6) is 0 Å². The maximum Gasteiger partial charge on any atom is 0.224 e. The van der Waals surface area contributed by atoms with Crippen molar-refractivity contribution in [3.8, 4) is 0 Å². The number of H-pyrrole nitrogens is 1. The molecule has 0 bridgehead atoms. The molecule has 4 N–H and O–H groups in total. The number of nitrogens with zero attached hydrogens (tertiary/aromatic N) is 4. The van der Waals surface area contributed by atoms with Gasteiger partial charge in [0.1, 0.15) is 5.82 Å². The van der Waals surface area contributed by atoms with Crippen molar-refractivity contribution in [3.63, 3.8) is 0 Å². The van der Waals surface area contributed by atoms with Crippen LogP contribution in [0.15, 0.2) is 12.4 Å². The maximum atomic E-state index is 5.64. The Labute approximate surface area is 106 Å². The predicted octanol–water partition coefficient (Wildman–Crippen LogP) is 1.31. The van der Waals surface area contributed by atoms with Crippen LogP contribution in [0.1, 0.15) is 9.88 Å². The molecule has 0 aliphatic carbocycles. The number of fused-ring (bicyclic) bond motifs is 1. The van der Waals surface area contributed by atoms with Crippen molar-refractivity contribution in [3.05, 3.63) is 22.3 Å². The Hall–Kier alpha value is -2.22. The summed E-state index contributed by atoms with van der Waals surface area (Å²) >= 11 is 1.65. The highest BCUT2D eigenvalue weighted by Gasteiger charge is 2.08. The van der Waals surface area contributed by atoms with Gasteiger partial charge < -0.3 is 11.1 Å². The first kappa shape index (κ1) is 10.9. The molecule has 0 amide bonds. The lowest BCUT2D eigenvalue weighted by Gasteiger charge is -2.05. The summed E-state index contributed by atoms with van der Waals surface area (Å²) in [7, 11) is 0. The lowest BCUT2D eigenvalue weighted by atomic mass is 10.4. The summed E-state index contributed by atoms with van der Waals surface area (Å²) in [4.78, 5) is 13.6. The van der Waals surface area contributed by atoms with E-state index in [2.05, 4.69) is 30.5 Å². The van der Waals surface area contributed by atoms with E-state index in [1.807, 2.05) is 13.1 Å². The summed E-state index contributed by atoms with van der Waals surface area (Å²) in [5, 5.41) is 11.8. The first-order valence-corrected chi connectivity index (χ1v) is 6.16. The zero-order chi connectivity index (χ0) is 12.5. The third kappa shape index (κ3) is 1.97. The van der Waals surface area contributed by atoms with Crippen LogP contribution in [0.3, 0.4) is 0 Å². The summed E-state index contributed by atoms with van der Waals surface area (Å²) in [5.74, 6) is 0.895. The lowest BCUT2D eigenvalue weighted by molar-refractivity contribution is 1.09. The molecule has 3 aromatic rings. The number of thiazole rings is 1. The van der Waals surface area contributed by atoms with Crippen LogP contribution in [0.25, 0.3) is 11.0 Å². The van der Waals surface area contributed by atoms with Gasteiger partial charge in [-0.25, -0.2) is 4.98 Å². The molecule has 0 fully saturated rings. The number of aryl methyl sites for hydroxylation is 1. The number of rotatable bonds is 3. The van der Waals surface area contributed by atoms with Gasteiger partial charge >= 0.3 is 0 Å². The smallest absolute Gasteiger partial charge is 0.224 e. The van der Waals surface area contributed by atoms with Crippen molar-refractivity contribution in [2.45, 2.75) is 13.5 Å². The third-order valence-corrected chi connectivity index (χ3v) is 3.34. The number of aromatic nitrogens is 5. The molecular formula is C10H11N7S. The van der Waals surface area contributed by atoms with E-state index < -0.39 is 0 Å². The fourth-order valence-electron chi connectivity index (χ4n) is 1.64. The summed E-state index contributed by atoms with van der Waals surface area (Å²) in [6.45, 7) is 2.63. The van der Waals surface area contributed by atoms with Crippen molar-refractivity contribution < 1.29 is 0 Å². The second kappa shape index (κ2) is 4.22. The molecule has 0 aliphatic heterocycles. The lowest BCUT2D eigenvalue weighted by Crippen LogP contribution is -2.04. The van der Waals surface area contributed by atoms with Crippen LogP contribution < -0.4 is 11.1 Å². The van der Waals surface area contributed by atoms with Gasteiger partial charge in [0.05, 0.1) is 23.1 Å². The van der Waals surface area contributed by atoms with Crippen molar-refractivity contribution in [2.75, 3.05) is 11.1 Å². The van der Waals surface area contributed by atoms with Crippen LogP contribution in [-0.2, 0) is 6.54 Å². The summed E-state index contributed by atoms with van der Waals surface area (Å²) in [6.07, 6.45) is 3.53. The molecule has 7 nitrogen and oxygen atoms in total. The van der Waals surface area contributed by atoms with Gasteiger partial charge in [0.2, 0.25) is 5.95 Å². The van der Waals surface area contributed by atoms with Crippen LogP contribution >= 0.6 is 11.3 Å². The molecule has 0 saturated heterocycles. The van der Waals surface area contributed by atoms with Gasteiger partial charge in [-0.3, -0.25) is 5.10 Å². The number of nitrogens with one attached hydrogen (secondary N) is 2. The second-order valence-corrected chi connectivity index (χ2v) is 5.08. The van der Waals surface area contributed by atoms with E-state index in [0.29, 0.717) is 18.0 Å². The standard InChI is InChI=1S/C10H11N7S/c1-5-12-2-6(18-5)3-13-8-7-4-14-17-9(7)16-10(11)15-8/h2,4H,3H2,1H3,(H4,11,13,14,15,16,17). The van der Waals surface area contributed by atoms with Crippen LogP contribution in [-0.4, -0.2) is 25.1 Å². The first-order chi connectivity index (χ1) is 8.72. The number of aromatic amines is 1. The number of nitrogens with two attached hydrogens (primary N) is 1. The van der Waals surface area contributed by atoms with Gasteiger partial charge in [-0.1, -0.05) is 0 Å². The van der Waals surface area contributed by atoms with E-state index in [0.717, 1.165) is 15.3 Å². The molecule has 0 aromatic carbocycles. The van der Waals surface area contributed by atoms with E-state index in [4.69, 9.17) is 5.73 Å². The van der Waals surface area contributed by atoms with Crippen LogP contribution in [0, 0.1) is 6.92 Å². The number of hydrogen-bond donors (Lipinski definition) is 3. The minimum atomic E-state index is 0.217. The molecule has 0 aliphatic rings. The van der Waals surface area contributed by atoms with Crippen molar-refractivity contribution >= 4 is 34.1 Å². The molecule has 0 atom stereocenters. The van der Waals surface area contributed by atoms with E-state index >= 15 is 0 Å². The van der Waals surface area contributed by atoms with E-state index in [-0.39, 0.29) is 5.95 Å². The third-order valence-electron chi connectivity index (χ3n) is 2.43. The zero-order valence-corrected chi connectivity index (χ0v) is 10.5. The first-order valence-electron chi connectivity index (χ1n) is 5.34. The minimum Gasteiger partial charge on any atom is -0.368 e. The average Bonchev–Trinajstić information content (AvgIpc) is 2.94. The Balaban J connectivity index is 1.87. The van der Waals surface area contributed by atoms with Gasteiger partial charge in [0.25, 0.3) is 0 Å². The minimum absolute atomic E-state index is 0.217. The molecule has 18 heavy (non-hydrogen) atoms. The maximum absolute atomic E-state index is 5.64. The number of nitrogen functional groups attached to an aromatic ring is 1. The Morgan fingerprint density at radius 1 is 1.39 bits per heavy atom. The molecule has 0 radical (unpaired) electrons.